The molecule has 3 aromatic rings. The van der Waals surface area contributed by atoms with Crippen molar-refractivity contribution in [3.63, 3.8) is 0 Å². The summed E-state index contributed by atoms with van der Waals surface area (Å²) in [5, 5.41) is 0.322. The molecule has 1 aromatic heterocycles. The molecule has 0 aliphatic heterocycles. The zero-order valence-corrected chi connectivity index (χ0v) is 13.2. The summed E-state index contributed by atoms with van der Waals surface area (Å²) in [4.78, 5) is 11.5. The summed E-state index contributed by atoms with van der Waals surface area (Å²) >= 11 is 0. The van der Waals surface area contributed by atoms with Gasteiger partial charge in [-0.25, -0.2) is 4.79 Å². The summed E-state index contributed by atoms with van der Waals surface area (Å²) in [7, 11) is 1.26. The molecule has 7 heteroatoms. The van der Waals surface area contributed by atoms with Gasteiger partial charge in [0.25, 0.3) is 0 Å². The van der Waals surface area contributed by atoms with E-state index in [-0.39, 0.29) is 17.9 Å². The van der Waals surface area contributed by atoms with E-state index in [2.05, 4.69) is 4.74 Å². The van der Waals surface area contributed by atoms with Crippen LogP contribution in [0.15, 0.2) is 46.9 Å². The van der Waals surface area contributed by atoms with Gasteiger partial charge in [0.15, 0.2) is 0 Å². The van der Waals surface area contributed by atoms with Crippen molar-refractivity contribution >= 4 is 16.9 Å². The van der Waals surface area contributed by atoms with Gasteiger partial charge in [-0.15, -0.1) is 0 Å². The van der Waals surface area contributed by atoms with Crippen LogP contribution in [-0.2, 0) is 17.5 Å². The molecule has 0 saturated heterocycles. The van der Waals surface area contributed by atoms with Gasteiger partial charge in [-0.1, -0.05) is 12.1 Å². The Balaban J connectivity index is 2.14. The maximum Gasteiger partial charge on any atom is 0.420 e. The summed E-state index contributed by atoms with van der Waals surface area (Å²) in [6.07, 6.45) is -4.57. The molecule has 4 nitrogen and oxygen atoms in total. The molecule has 0 amide bonds. The molecule has 0 spiro atoms. The van der Waals surface area contributed by atoms with E-state index in [9.17, 15) is 18.0 Å². The summed E-state index contributed by atoms with van der Waals surface area (Å²) in [5.41, 5.74) is 5.58. The number of hydrogen-bond acceptors (Lipinski definition) is 4. The number of esters is 1. The minimum atomic E-state index is -4.57. The normalized spacial score (nSPS) is 11.7. The third kappa shape index (κ3) is 3.23. The van der Waals surface area contributed by atoms with Gasteiger partial charge in [-0.2, -0.15) is 13.2 Å². The first-order chi connectivity index (χ1) is 11.8. The predicted octanol–water partition coefficient (Wildman–Crippen LogP) is 4.36. The molecule has 0 radical (unpaired) electrons. The molecule has 0 fully saturated rings. The molecule has 25 heavy (non-hydrogen) atoms. The average Bonchev–Trinajstić information content (AvgIpc) is 3.02. The maximum absolute atomic E-state index is 13.4. The Hall–Kier alpha value is -2.80. The molecule has 2 aromatic carbocycles. The second-order valence-corrected chi connectivity index (χ2v) is 5.43. The number of rotatable bonds is 3. The van der Waals surface area contributed by atoms with Crippen LogP contribution in [0.5, 0.6) is 0 Å². The van der Waals surface area contributed by atoms with Gasteiger partial charge in [-0.3, -0.25) is 0 Å². The fourth-order valence-electron chi connectivity index (χ4n) is 2.60. The second kappa shape index (κ2) is 6.25. The third-order valence-corrected chi connectivity index (χ3v) is 3.81. The van der Waals surface area contributed by atoms with Crippen LogP contribution in [0.3, 0.4) is 0 Å². The van der Waals surface area contributed by atoms with Crippen molar-refractivity contribution in [2.45, 2.75) is 12.7 Å². The number of fused-ring (bicyclic) bond motifs is 1. The van der Waals surface area contributed by atoms with Crippen LogP contribution in [0.4, 0.5) is 13.2 Å². The van der Waals surface area contributed by atoms with Crippen LogP contribution < -0.4 is 5.73 Å². The molecule has 0 saturated carbocycles. The second-order valence-electron chi connectivity index (χ2n) is 5.43. The standard InChI is InChI=1S/C18H14F3NO3/c1-24-17(23)11-4-2-10(3-5-11)12-6-13-7-14(9-22)25-16(13)15(8-12)18(19,20)21/h2-8H,9,22H2,1H3. The number of carbonyl (C=O) groups is 1. The lowest BCUT2D eigenvalue weighted by molar-refractivity contribution is -0.136. The van der Waals surface area contributed by atoms with Crippen LogP contribution in [-0.4, -0.2) is 13.1 Å². The fourth-order valence-corrected chi connectivity index (χ4v) is 2.60. The summed E-state index contributed by atoms with van der Waals surface area (Å²) in [6, 6.07) is 10.3. The summed E-state index contributed by atoms with van der Waals surface area (Å²) < 4.78 is 50.0. The van der Waals surface area contributed by atoms with Gasteiger partial charge in [-0.05, 0) is 41.5 Å². The fraction of sp³-hybridized carbons (Fsp3) is 0.167. The number of benzene rings is 2. The first-order valence-electron chi connectivity index (χ1n) is 7.36. The number of ether oxygens (including phenoxy) is 1. The highest BCUT2D eigenvalue weighted by atomic mass is 19.4. The number of methoxy groups -OCH3 is 1. The highest BCUT2D eigenvalue weighted by Crippen LogP contribution is 2.39. The van der Waals surface area contributed by atoms with Crippen molar-refractivity contribution in [3.05, 3.63) is 59.4 Å². The Morgan fingerprint density at radius 2 is 1.80 bits per heavy atom. The molecule has 0 bridgehead atoms. The van der Waals surface area contributed by atoms with E-state index in [0.29, 0.717) is 22.1 Å². The molecule has 130 valence electrons. The largest absolute Gasteiger partial charge is 0.465 e. The molecular weight excluding hydrogens is 335 g/mol. The van der Waals surface area contributed by atoms with Crippen LogP contribution in [0, 0.1) is 0 Å². The minimum absolute atomic E-state index is 0.00906. The van der Waals surface area contributed by atoms with Crippen molar-refractivity contribution in [1.82, 2.24) is 0 Å². The Labute approximate surface area is 141 Å². The topological polar surface area (TPSA) is 65.5 Å². The maximum atomic E-state index is 13.4. The lowest BCUT2D eigenvalue weighted by atomic mass is 9.99. The van der Waals surface area contributed by atoms with Gasteiger partial charge in [0.2, 0.25) is 0 Å². The Bertz CT molecular complexity index is 927. The first-order valence-corrected chi connectivity index (χ1v) is 7.36. The van der Waals surface area contributed by atoms with E-state index >= 15 is 0 Å². The molecule has 0 aliphatic rings. The zero-order valence-electron chi connectivity index (χ0n) is 13.2. The highest BCUT2D eigenvalue weighted by molar-refractivity contribution is 5.91. The molecule has 0 aliphatic carbocycles. The highest BCUT2D eigenvalue weighted by Gasteiger charge is 2.35. The van der Waals surface area contributed by atoms with E-state index < -0.39 is 17.7 Å². The number of furan rings is 1. The van der Waals surface area contributed by atoms with Crippen molar-refractivity contribution in [3.8, 4) is 11.1 Å². The smallest absolute Gasteiger partial charge is 0.420 e. The van der Waals surface area contributed by atoms with Gasteiger partial charge < -0.3 is 14.9 Å². The minimum Gasteiger partial charge on any atom is -0.465 e. The van der Waals surface area contributed by atoms with Crippen molar-refractivity contribution in [2.24, 2.45) is 5.73 Å². The Kier molecular flexibility index (Phi) is 4.26. The van der Waals surface area contributed by atoms with Crippen molar-refractivity contribution in [2.75, 3.05) is 7.11 Å². The van der Waals surface area contributed by atoms with E-state index in [4.69, 9.17) is 10.2 Å². The Morgan fingerprint density at radius 3 is 2.36 bits per heavy atom. The van der Waals surface area contributed by atoms with E-state index in [1.807, 2.05) is 0 Å². The Morgan fingerprint density at radius 1 is 1.12 bits per heavy atom. The lowest BCUT2D eigenvalue weighted by Crippen LogP contribution is -2.05. The number of alkyl halides is 3. The van der Waals surface area contributed by atoms with Gasteiger partial charge in [0, 0.05) is 5.39 Å². The third-order valence-electron chi connectivity index (χ3n) is 3.81. The average molecular weight is 349 g/mol. The molecule has 0 unspecified atom stereocenters. The summed E-state index contributed by atoms with van der Waals surface area (Å²) in [5.74, 6) is -0.237. The van der Waals surface area contributed by atoms with E-state index in [0.717, 1.165) is 6.07 Å². The lowest BCUT2D eigenvalue weighted by Gasteiger charge is -2.10. The molecule has 3 rings (SSSR count). The van der Waals surface area contributed by atoms with E-state index in [1.165, 1.54) is 25.3 Å². The van der Waals surface area contributed by atoms with Crippen LogP contribution in [0.25, 0.3) is 22.1 Å². The summed E-state index contributed by atoms with van der Waals surface area (Å²) in [6.45, 7) is 0.00906. The van der Waals surface area contributed by atoms with Gasteiger partial charge in [0.1, 0.15) is 11.3 Å². The van der Waals surface area contributed by atoms with Gasteiger partial charge >= 0.3 is 12.1 Å². The number of halogens is 3. The van der Waals surface area contributed by atoms with Crippen molar-refractivity contribution in [1.29, 1.82) is 0 Å². The number of nitrogens with two attached hydrogens (primary N) is 1. The first kappa shape index (κ1) is 17.0. The molecule has 2 N–H and O–H groups in total. The quantitative estimate of drug-likeness (QED) is 0.714. The number of hydrogen-bond donors (Lipinski definition) is 1. The molecular formula is C18H14F3NO3. The van der Waals surface area contributed by atoms with Crippen LogP contribution in [0.2, 0.25) is 0 Å². The van der Waals surface area contributed by atoms with Gasteiger partial charge in [0.05, 0.1) is 24.8 Å². The van der Waals surface area contributed by atoms with E-state index in [1.54, 1.807) is 18.2 Å². The van der Waals surface area contributed by atoms with Crippen LogP contribution in [0.1, 0.15) is 21.7 Å². The molecule has 1 heterocycles. The molecule has 0 atom stereocenters. The number of carbonyl (C=O) groups excluding carboxylic acids is 1. The zero-order chi connectivity index (χ0) is 18.2. The van der Waals surface area contributed by atoms with Crippen LogP contribution >= 0.6 is 0 Å². The van der Waals surface area contributed by atoms with Crippen molar-refractivity contribution < 1.29 is 27.1 Å². The monoisotopic (exact) mass is 349 g/mol. The SMILES string of the molecule is COC(=O)c1ccc(-c2cc(C(F)(F)F)c3oc(CN)cc3c2)cc1. The predicted molar refractivity (Wildman–Crippen MR) is 85.9 cm³/mol.